The van der Waals surface area contributed by atoms with Crippen LogP contribution in [0.5, 0.6) is 0 Å². The monoisotopic (exact) mass is 253 g/mol. The molecule has 0 aromatic heterocycles. The molecule has 1 fully saturated rings. The molecule has 1 aliphatic heterocycles. The van der Waals surface area contributed by atoms with E-state index in [1.807, 2.05) is 6.07 Å². The van der Waals surface area contributed by atoms with Gasteiger partial charge in [-0.1, -0.05) is 17.7 Å². The molecule has 1 aliphatic rings. The zero-order valence-corrected chi connectivity index (χ0v) is 9.83. The summed E-state index contributed by atoms with van der Waals surface area (Å²) >= 11 is 5.81. The van der Waals surface area contributed by atoms with Crippen molar-refractivity contribution in [3.05, 3.63) is 28.8 Å². The third-order valence-electron chi connectivity index (χ3n) is 2.48. The minimum Gasteiger partial charge on any atom is -0.398 e. The number of anilines is 1. The number of nitrogens with two attached hydrogens (primary N) is 1. The Balaban J connectivity index is 2.07. The minimum absolute atomic E-state index is 0.217. The lowest BCUT2D eigenvalue weighted by atomic mass is 10.2. The third kappa shape index (κ3) is 2.95. The first-order valence-electron chi connectivity index (χ1n) is 5.13. The predicted molar refractivity (Wildman–Crippen MR) is 64.3 cm³/mol. The Morgan fingerprint density at radius 2 is 1.94 bits per heavy atom. The van der Waals surface area contributed by atoms with Gasteiger partial charge in [-0.3, -0.25) is 19.8 Å². The molecule has 0 atom stereocenters. The van der Waals surface area contributed by atoms with Gasteiger partial charge < -0.3 is 5.73 Å². The number of imide groups is 1. The van der Waals surface area contributed by atoms with Crippen LogP contribution in [0.15, 0.2) is 18.2 Å². The van der Waals surface area contributed by atoms with E-state index in [-0.39, 0.29) is 24.9 Å². The van der Waals surface area contributed by atoms with Gasteiger partial charge in [0.2, 0.25) is 11.8 Å². The maximum atomic E-state index is 11.2. The largest absolute Gasteiger partial charge is 0.398 e. The molecular weight excluding hydrogens is 242 g/mol. The molecule has 5 nitrogen and oxygen atoms in total. The maximum Gasteiger partial charge on any atom is 0.240 e. The van der Waals surface area contributed by atoms with E-state index in [0.717, 1.165) is 5.56 Å². The smallest absolute Gasteiger partial charge is 0.240 e. The Bertz CT molecular complexity index is 460. The molecule has 0 radical (unpaired) electrons. The molecule has 17 heavy (non-hydrogen) atoms. The number of hydrogen-bond donors (Lipinski definition) is 2. The molecule has 0 spiro atoms. The van der Waals surface area contributed by atoms with Crippen LogP contribution < -0.4 is 11.1 Å². The van der Waals surface area contributed by atoms with Crippen LogP contribution in [0.2, 0.25) is 5.02 Å². The molecule has 6 heteroatoms. The average molecular weight is 254 g/mol. The van der Waals surface area contributed by atoms with Gasteiger partial charge in [-0.15, -0.1) is 0 Å². The van der Waals surface area contributed by atoms with E-state index in [1.54, 1.807) is 17.0 Å². The summed E-state index contributed by atoms with van der Waals surface area (Å²) in [5, 5.41) is 2.75. The normalized spacial score (nSPS) is 17.0. The number of rotatable bonds is 2. The summed E-state index contributed by atoms with van der Waals surface area (Å²) in [7, 11) is 0. The molecule has 0 bridgehead atoms. The Morgan fingerprint density at radius 3 is 2.53 bits per heavy atom. The summed E-state index contributed by atoms with van der Waals surface area (Å²) in [6.45, 7) is 0.934. The third-order valence-corrected chi connectivity index (χ3v) is 2.82. The van der Waals surface area contributed by atoms with Crippen molar-refractivity contribution in [2.24, 2.45) is 0 Å². The number of nitrogens with zero attached hydrogens (tertiary/aromatic N) is 1. The Labute approximate surface area is 104 Å². The Hall–Kier alpha value is -1.59. The molecule has 1 aromatic rings. The Morgan fingerprint density at radius 1 is 1.29 bits per heavy atom. The van der Waals surface area contributed by atoms with Crippen molar-refractivity contribution in [1.29, 1.82) is 0 Å². The highest BCUT2D eigenvalue weighted by Gasteiger charge is 2.22. The average Bonchev–Trinajstić information content (AvgIpc) is 2.22. The molecule has 0 unspecified atom stereocenters. The van der Waals surface area contributed by atoms with Crippen molar-refractivity contribution in [3.8, 4) is 0 Å². The molecule has 1 heterocycles. The van der Waals surface area contributed by atoms with Crippen molar-refractivity contribution in [1.82, 2.24) is 10.2 Å². The maximum absolute atomic E-state index is 11.2. The standard InChI is InChI=1S/C11H12ClN3O2/c12-8-2-1-7(3-9(8)13)4-15-5-10(16)14-11(17)6-15/h1-3H,4-6,13H2,(H,14,16,17). The van der Waals surface area contributed by atoms with E-state index >= 15 is 0 Å². The van der Waals surface area contributed by atoms with E-state index in [9.17, 15) is 9.59 Å². The van der Waals surface area contributed by atoms with Crippen molar-refractivity contribution < 1.29 is 9.59 Å². The van der Waals surface area contributed by atoms with Crippen LogP contribution in [0.25, 0.3) is 0 Å². The molecule has 1 saturated heterocycles. The van der Waals surface area contributed by atoms with Crippen LogP contribution in [0.4, 0.5) is 5.69 Å². The second-order valence-electron chi connectivity index (χ2n) is 3.97. The highest BCUT2D eigenvalue weighted by Crippen LogP contribution is 2.20. The summed E-state index contributed by atoms with van der Waals surface area (Å²) in [6, 6.07) is 5.28. The lowest BCUT2D eigenvalue weighted by molar-refractivity contribution is -0.136. The Kier molecular flexibility index (Phi) is 3.31. The van der Waals surface area contributed by atoms with E-state index in [2.05, 4.69) is 5.32 Å². The lowest BCUT2D eigenvalue weighted by Crippen LogP contribution is -2.50. The second-order valence-corrected chi connectivity index (χ2v) is 4.38. The zero-order valence-electron chi connectivity index (χ0n) is 9.07. The van der Waals surface area contributed by atoms with Crippen molar-refractivity contribution in [2.45, 2.75) is 6.54 Å². The van der Waals surface area contributed by atoms with Crippen LogP contribution in [0, 0.1) is 0 Å². The quantitative estimate of drug-likeness (QED) is 0.590. The van der Waals surface area contributed by atoms with Crippen LogP contribution in [-0.4, -0.2) is 29.8 Å². The SMILES string of the molecule is Nc1cc(CN2CC(=O)NC(=O)C2)ccc1Cl. The summed E-state index contributed by atoms with van der Waals surface area (Å²) in [5.41, 5.74) is 7.11. The highest BCUT2D eigenvalue weighted by atomic mass is 35.5. The van der Waals surface area contributed by atoms with Crippen molar-refractivity contribution in [3.63, 3.8) is 0 Å². The molecule has 0 aliphatic carbocycles. The number of carbonyl (C=O) groups excluding carboxylic acids is 2. The number of halogens is 1. The molecule has 3 N–H and O–H groups in total. The number of nitrogens with one attached hydrogen (secondary N) is 1. The van der Waals surface area contributed by atoms with Crippen LogP contribution in [-0.2, 0) is 16.1 Å². The van der Waals surface area contributed by atoms with Crippen LogP contribution >= 0.6 is 11.6 Å². The number of carbonyl (C=O) groups is 2. The summed E-state index contributed by atoms with van der Waals surface area (Å²) < 4.78 is 0. The first-order valence-corrected chi connectivity index (χ1v) is 5.51. The van der Waals surface area contributed by atoms with E-state index in [1.165, 1.54) is 0 Å². The van der Waals surface area contributed by atoms with Crippen molar-refractivity contribution in [2.75, 3.05) is 18.8 Å². The van der Waals surface area contributed by atoms with Gasteiger partial charge >= 0.3 is 0 Å². The first-order chi connectivity index (χ1) is 8.04. The molecule has 0 saturated carbocycles. The van der Waals surface area contributed by atoms with Gasteiger partial charge in [0, 0.05) is 6.54 Å². The molecule has 90 valence electrons. The van der Waals surface area contributed by atoms with Gasteiger partial charge in [0.15, 0.2) is 0 Å². The van der Waals surface area contributed by atoms with Gasteiger partial charge in [0.05, 0.1) is 23.8 Å². The van der Waals surface area contributed by atoms with Crippen LogP contribution in [0.3, 0.4) is 0 Å². The van der Waals surface area contributed by atoms with E-state index in [0.29, 0.717) is 17.3 Å². The van der Waals surface area contributed by atoms with Gasteiger partial charge in [-0.2, -0.15) is 0 Å². The van der Waals surface area contributed by atoms with E-state index in [4.69, 9.17) is 17.3 Å². The molecule has 1 aromatic carbocycles. The summed E-state index contributed by atoms with van der Waals surface area (Å²) in [6.07, 6.45) is 0. The summed E-state index contributed by atoms with van der Waals surface area (Å²) in [5.74, 6) is -0.550. The van der Waals surface area contributed by atoms with Gasteiger partial charge in [-0.05, 0) is 17.7 Å². The molecule has 2 amide bonds. The lowest BCUT2D eigenvalue weighted by Gasteiger charge is -2.25. The topological polar surface area (TPSA) is 75.4 Å². The van der Waals surface area contributed by atoms with Crippen molar-refractivity contribution >= 4 is 29.1 Å². The zero-order chi connectivity index (χ0) is 12.4. The fourth-order valence-corrected chi connectivity index (χ4v) is 1.88. The van der Waals surface area contributed by atoms with Gasteiger partial charge in [0.25, 0.3) is 0 Å². The van der Waals surface area contributed by atoms with E-state index < -0.39 is 0 Å². The number of piperazine rings is 1. The minimum atomic E-state index is -0.275. The second kappa shape index (κ2) is 4.73. The van der Waals surface area contributed by atoms with Gasteiger partial charge in [0.1, 0.15) is 0 Å². The number of hydrogen-bond acceptors (Lipinski definition) is 4. The van der Waals surface area contributed by atoms with Crippen LogP contribution in [0.1, 0.15) is 5.56 Å². The number of amides is 2. The fourth-order valence-electron chi connectivity index (χ4n) is 1.76. The fraction of sp³-hybridized carbons (Fsp3) is 0.273. The number of nitrogen functional groups attached to an aromatic ring is 1. The van der Waals surface area contributed by atoms with Gasteiger partial charge in [-0.25, -0.2) is 0 Å². The molecule has 2 rings (SSSR count). The predicted octanol–water partition coefficient (Wildman–Crippen LogP) is 0.381. The highest BCUT2D eigenvalue weighted by molar-refractivity contribution is 6.33. The summed E-state index contributed by atoms with van der Waals surface area (Å²) in [4.78, 5) is 24.1. The molecular formula is C11H12ClN3O2. The first kappa shape index (κ1) is 11.9. The number of benzene rings is 1.